The molecule has 3 aromatic carbocycles. The number of carboxylic acid groups (broad SMARTS) is 1. The Morgan fingerprint density at radius 1 is 0.973 bits per heavy atom. The highest BCUT2D eigenvalue weighted by molar-refractivity contribution is 6.24. The van der Waals surface area contributed by atoms with Gasteiger partial charge in [0.1, 0.15) is 5.54 Å². The van der Waals surface area contributed by atoms with E-state index in [9.17, 15) is 29.5 Å². The van der Waals surface area contributed by atoms with Crippen molar-refractivity contribution in [2.45, 2.75) is 24.9 Å². The quantitative estimate of drug-likeness (QED) is 0.398. The fourth-order valence-corrected chi connectivity index (χ4v) is 5.51. The molecule has 2 N–H and O–H groups in total. The Balaban J connectivity index is 1.63. The zero-order valence-electron chi connectivity index (χ0n) is 19.9. The van der Waals surface area contributed by atoms with E-state index in [1.165, 1.54) is 31.2 Å². The maximum atomic E-state index is 13.9. The van der Waals surface area contributed by atoms with Crippen LogP contribution in [-0.2, 0) is 20.8 Å². The van der Waals surface area contributed by atoms with Gasteiger partial charge in [-0.15, -0.1) is 0 Å². The number of carboxylic acids is 1. The maximum Gasteiger partial charge on any atom is 0.325 e. The molecular formula is C29H23N3O5. The number of nitriles is 1. The zero-order valence-corrected chi connectivity index (χ0v) is 19.9. The molecule has 37 heavy (non-hydrogen) atoms. The molecule has 0 aliphatic carbocycles. The number of rotatable bonds is 6. The molecule has 0 bridgehead atoms. The van der Waals surface area contributed by atoms with E-state index in [0.717, 1.165) is 4.90 Å². The summed E-state index contributed by atoms with van der Waals surface area (Å²) in [7, 11) is 0. The predicted octanol–water partition coefficient (Wildman–Crippen LogP) is 3.28. The second-order valence-corrected chi connectivity index (χ2v) is 9.41. The van der Waals surface area contributed by atoms with Crippen LogP contribution in [-0.4, -0.2) is 34.2 Å². The minimum Gasteiger partial charge on any atom is -0.480 e. The fourth-order valence-electron chi connectivity index (χ4n) is 5.51. The van der Waals surface area contributed by atoms with Gasteiger partial charge >= 0.3 is 5.97 Å². The Hall–Kier alpha value is -4.61. The summed E-state index contributed by atoms with van der Waals surface area (Å²) in [6.45, 7) is 1.42. The van der Waals surface area contributed by atoms with Gasteiger partial charge in [0, 0.05) is 18.0 Å². The first-order valence-electron chi connectivity index (χ1n) is 11.8. The average Bonchev–Trinajstić information content (AvgIpc) is 3.38. The van der Waals surface area contributed by atoms with Crippen molar-refractivity contribution in [2.75, 3.05) is 4.90 Å². The van der Waals surface area contributed by atoms with Crippen LogP contribution in [0, 0.1) is 23.2 Å². The standard InChI is InChI=1S/C29H23N3O5/c1-17(33)20-11-13-22(14-12-20)32-26(34)23-24(27(32)35)29(28(36)37,15-18-5-3-2-4-6-18)31-25(23)21-9-7-19(16-30)8-10-21/h2-14,23-25,31H,15H2,1H3,(H,36,37). The fraction of sp³-hybridized carbons (Fsp3) is 0.207. The number of Topliss-reactive ketones (excluding diaryl/α,β-unsaturated/α-hetero) is 1. The number of carbonyl (C=O) groups is 4. The number of nitrogens with zero attached hydrogens (tertiary/aromatic N) is 2. The van der Waals surface area contributed by atoms with Gasteiger partial charge in [0.25, 0.3) is 0 Å². The lowest BCUT2D eigenvalue weighted by Gasteiger charge is -2.31. The highest BCUT2D eigenvalue weighted by atomic mass is 16.4. The molecule has 3 aromatic rings. The second-order valence-electron chi connectivity index (χ2n) is 9.41. The van der Waals surface area contributed by atoms with Crippen LogP contribution in [0.2, 0.25) is 0 Å². The van der Waals surface area contributed by atoms with Crippen molar-refractivity contribution < 1.29 is 24.3 Å². The van der Waals surface area contributed by atoms with Crippen molar-refractivity contribution in [3.63, 3.8) is 0 Å². The smallest absolute Gasteiger partial charge is 0.325 e. The molecular weight excluding hydrogens is 470 g/mol. The van der Waals surface area contributed by atoms with Crippen molar-refractivity contribution in [1.82, 2.24) is 5.32 Å². The number of hydrogen-bond donors (Lipinski definition) is 2. The molecule has 2 aliphatic heterocycles. The first-order chi connectivity index (χ1) is 17.8. The summed E-state index contributed by atoms with van der Waals surface area (Å²) >= 11 is 0. The van der Waals surface area contributed by atoms with Crippen molar-refractivity contribution >= 4 is 29.3 Å². The Morgan fingerprint density at radius 3 is 2.19 bits per heavy atom. The molecule has 0 aromatic heterocycles. The predicted molar refractivity (Wildman–Crippen MR) is 133 cm³/mol. The van der Waals surface area contributed by atoms with E-state index in [2.05, 4.69) is 5.32 Å². The molecule has 5 rings (SSSR count). The minimum absolute atomic E-state index is 0.00669. The topological polar surface area (TPSA) is 128 Å². The molecule has 8 heteroatoms. The van der Waals surface area contributed by atoms with Crippen LogP contribution in [0.5, 0.6) is 0 Å². The lowest BCUT2D eigenvalue weighted by molar-refractivity contribution is -0.148. The third-order valence-electron chi connectivity index (χ3n) is 7.29. The Kier molecular flexibility index (Phi) is 5.94. The molecule has 2 heterocycles. The van der Waals surface area contributed by atoms with Gasteiger partial charge in [-0.1, -0.05) is 42.5 Å². The van der Waals surface area contributed by atoms with Crippen molar-refractivity contribution in [3.05, 3.63) is 101 Å². The summed E-state index contributed by atoms with van der Waals surface area (Å²) in [6.07, 6.45) is -0.00669. The molecule has 0 radical (unpaired) electrons. The summed E-state index contributed by atoms with van der Waals surface area (Å²) in [6, 6.07) is 22.9. The van der Waals surface area contributed by atoms with E-state index in [1.54, 1.807) is 48.5 Å². The Morgan fingerprint density at radius 2 is 1.62 bits per heavy atom. The Bertz CT molecular complexity index is 1440. The summed E-state index contributed by atoms with van der Waals surface area (Å²) in [5.74, 6) is -4.65. The van der Waals surface area contributed by atoms with Gasteiger partial charge in [-0.3, -0.25) is 24.5 Å². The van der Waals surface area contributed by atoms with Crippen LogP contribution >= 0.6 is 0 Å². The normalized spacial score (nSPS) is 24.5. The van der Waals surface area contributed by atoms with E-state index in [-0.39, 0.29) is 17.9 Å². The van der Waals surface area contributed by atoms with Gasteiger partial charge in [-0.25, -0.2) is 4.90 Å². The number of carbonyl (C=O) groups excluding carboxylic acids is 3. The van der Waals surface area contributed by atoms with Gasteiger partial charge in [0.2, 0.25) is 11.8 Å². The number of aliphatic carboxylic acids is 1. The van der Waals surface area contributed by atoms with E-state index in [0.29, 0.717) is 22.3 Å². The van der Waals surface area contributed by atoms with Gasteiger partial charge in [-0.05, 0) is 54.4 Å². The van der Waals surface area contributed by atoms with Crippen LogP contribution in [0.25, 0.3) is 0 Å². The van der Waals surface area contributed by atoms with Crippen LogP contribution < -0.4 is 10.2 Å². The summed E-state index contributed by atoms with van der Waals surface area (Å²) < 4.78 is 0. The number of fused-ring (bicyclic) bond motifs is 1. The number of ketones is 1. The number of benzene rings is 3. The van der Waals surface area contributed by atoms with Crippen LogP contribution in [0.3, 0.4) is 0 Å². The molecule has 4 atom stereocenters. The third-order valence-corrected chi connectivity index (χ3v) is 7.29. The lowest BCUT2D eigenvalue weighted by atomic mass is 9.76. The van der Waals surface area contributed by atoms with E-state index in [4.69, 9.17) is 0 Å². The van der Waals surface area contributed by atoms with Crippen LogP contribution in [0.4, 0.5) is 5.69 Å². The van der Waals surface area contributed by atoms with Gasteiger partial charge in [-0.2, -0.15) is 5.26 Å². The Labute approximate surface area is 213 Å². The summed E-state index contributed by atoms with van der Waals surface area (Å²) in [5.41, 5.74) is 0.719. The van der Waals surface area contributed by atoms with Gasteiger partial charge in [0.15, 0.2) is 5.78 Å². The molecule has 0 spiro atoms. The lowest BCUT2D eigenvalue weighted by Crippen LogP contribution is -2.57. The number of imide groups is 1. The van der Waals surface area contributed by atoms with Gasteiger partial charge < -0.3 is 5.11 Å². The highest BCUT2D eigenvalue weighted by Gasteiger charge is 2.68. The summed E-state index contributed by atoms with van der Waals surface area (Å²) in [4.78, 5) is 53.4. The SMILES string of the molecule is CC(=O)c1ccc(N2C(=O)C3C(c4ccc(C#N)cc4)NC(Cc4ccccc4)(C(=O)O)C3C2=O)cc1. The molecule has 0 saturated carbocycles. The summed E-state index contributed by atoms with van der Waals surface area (Å²) in [5, 5.41) is 22.9. The van der Waals surface area contributed by atoms with E-state index >= 15 is 0 Å². The van der Waals surface area contributed by atoms with Crippen molar-refractivity contribution in [3.8, 4) is 6.07 Å². The molecule has 2 amide bonds. The monoisotopic (exact) mass is 493 g/mol. The minimum atomic E-state index is -1.74. The largest absolute Gasteiger partial charge is 0.480 e. The third kappa shape index (κ3) is 3.90. The number of anilines is 1. The van der Waals surface area contributed by atoms with Gasteiger partial charge in [0.05, 0.1) is 29.2 Å². The van der Waals surface area contributed by atoms with Crippen LogP contribution in [0.15, 0.2) is 78.9 Å². The number of amides is 2. The second kappa shape index (κ2) is 9.12. The molecule has 4 unspecified atom stereocenters. The zero-order chi connectivity index (χ0) is 26.3. The van der Waals surface area contributed by atoms with Crippen molar-refractivity contribution in [1.29, 1.82) is 5.26 Å². The number of hydrogen-bond acceptors (Lipinski definition) is 6. The van der Waals surface area contributed by atoms with E-state index in [1.807, 2.05) is 12.1 Å². The highest BCUT2D eigenvalue weighted by Crippen LogP contribution is 2.51. The molecule has 2 aliphatic rings. The molecule has 2 saturated heterocycles. The maximum absolute atomic E-state index is 13.9. The average molecular weight is 494 g/mol. The van der Waals surface area contributed by atoms with Crippen LogP contribution in [0.1, 0.15) is 40.0 Å². The first kappa shape index (κ1) is 24.1. The molecule has 8 nitrogen and oxygen atoms in total. The molecule has 2 fully saturated rings. The van der Waals surface area contributed by atoms with Crippen molar-refractivity contribution in [2.24, 2.45) is 11.8 Å². The molecule has 184 valence electrons. The van der Waals surface area contributed by atoms with E-state index < -0.39 is 41.2 Å². The first-order valence-corrected chi connectivity index (χ1v) is 11.8. The number of nitrogens with one attached hydrogen (secondary N) is 1.